The predicted molar refractivity (Wildman–Crippen MR) is 89.9 cm³/mol. The molecule has 5 heteroatoms. The summed E-state index contributed by atoms with van der Waals surface area (Å²) in [6, 6.07) is 4.94. The van der Waals surface area contributed by atoms with Gasteiger partial charge in [0.05, 0.1) is 0 Å². The maximum atomic E-state index is 13.6. The van der Waals surface area contributed by atoms with Crippen molar-refractivity contribution < 1.29 is 4.39 Å². The highest BCUT2D eigenvalue weighted by Crippen LogP contribution is 2.36. The molecule has 0 aromatic heterocycles. The number of halogens is 3. The lowest BCUT2D eigenvalue weighted by molar-refractivity contribution is 0.126. The molecule has 2 rings (SSSR count). The van der Waals surface area contributed by atoms with E-state index < -0.39 is 0 Å². The Labute approximate surface area is 138 Å². The number of nitrogens with one attached hydrogen (secondary N) is 1. The molecular weight excluding hydrogens is 310 g/mol. The van der Waals surface area contributed by atoms with E-state index in [1.165, 1.54) is 6.07 Å². The first-order chi connectivity index (χ1) is 9.63. The number of piperazine rings is 1. The van der Waals surface area contributed by atoms with Gasteiger partial charge in [0, 0.05) is 37.2 Å². The highest BCUT2D eigenvalue weighted by atomic mass is 35.5. The van der Waals surface area contributed by atoms with Gasteiger partial charge in [-0.3, -0.25) is 4.90 Å². The number of rotatable bonds is 5. The van der Waals surface area contributed by atoms with E-state index in [4.69, 9.17) is 11.6 Å². The van der Waals surface area contributed by atoms with Crippen molar-refractivity contribution in [2.75, 3.05) is 26.2 Å². The van der Waals surface area contributed by atoms with Crippen molar-refractivity contribution in [3.05, 3.63) is 34.6 Å². The second kappa shape index (κ2) is 8.94. The Balaban J connectivity index is 0.00000220. The molecule has 0 spiro atoms. The molecule has 2 nitrogen and oxygen atoms in total. The van der Waals surface area contributed by atoms with Crippen LogP contribution in [-0.4, -0.2) is 31.1 Å². The van der Waals surface area contributed by atoms with Gasteiger partial charge in [0.2, 0.25) is 0 Å². The topological polar surface area (TPSA) is 15.3 Å². The van der Waals surface area contributed by atoms with E-state index in [0.717, 1.165) is 44.6 Å². The molecule has 21 heavy (non-hydrogen) atoms. The van der Waals surface area contributed by atoms with Crippen molar-refractivity contribution in [1.29, 1.82) is 0 Å². The zero-order valence-corrected chi connectivity index (χ0v) is 14.3. The quantitative estimate of drug-likeness (QED) is 0.864. The molecule has 2 atom stereocenters. The van der Waals surface area contributed by atoms with Gasteiger partial charge in [0.25, 0.3) is 0 Å². The molecule has 0 saturated carbocycles. The van der Waals surface area contributed by atoms with Crippen LogP contribution in [0.25, 0.3) is 0 Å². The van der Waals surface area contributed by atoms with E-state index in [2.05, 4.69) is 24.1 Å². The number of hydrogen-bond donors (Lipinski definition) is 1. The number of hydrogen-bond acceptors (Lipinski definition) is 2. The lowest BCUT2D eigenvalue weighted by atomic mass is 9.89. The van der Waals surface area contributed by atoms with Gasteiger partial charge >= 0.3 is 0 Å². The van der Waals surface area contributed by atoms with Gasteiger partial charge in [-0.05, 0) is 36.1 Å². The largest absolute Gasteiger partial charge is 0.314 e. The molecule has 0 bridgehead atoms. The van der Waals surface area contributed by atoms with Crippen LogP contribution in [0.3, 0.4) is 0 Å². The van der Waals surface area contributed by atoms with Crippen LogP contribution in [0.2, 0.25) is 5.02 Å². The molecule has 1 heterocycles. The molecule has 0 radical (unpaired) electrons. The zero-order chi connectivity index (χ0) is 14.5. The van der Waals surface area contributed by atoms with Crippen LogP contribution in [0.4, 0.5) is 4.39 Å². The van der Waals surface area contributed by atoms with Crippen LogP contribution in [0.1, 0.15) is 38.3 Å². The van der Waals surface area contributed by atoms with E-state index in [0.29, 0.717) is 10.9 Å². The molecule has 1 aromatic rings. The molecule has 1 unspecified atom stereocenters. The summed E-state index contributed by atoms with van der Waals surface area (Å²) in [6.07, 6.45) is 2.26. The minimum absolute atomic E-state index is 0. The lowest BCUT2D eigenvalue weighted by Crippen LogP contribution is -2.46. The van der Waals surface area contributed by atoms with Crippen LogP contribution in [-0.2, 0) is 0 Å². The highest BCUT2D eigenvalue weighted by molar-refractivity contribution is 6.31. The summed E-state index contributed by atoms with van der Waals surface area (Å²) >= 11 is 6.35. The third-order valence-corrected chi connectivity index (χ3v) is 4.45. The van der Waals surface area contributed by atoms with E-state index in [-0.39, 0.29) is 24.3 Å². The monoisotopic (exact) mass is 334 g/mol. The third-order valence-electron chi connectivity index (χ3n) is 4.10. The Hall–Kier alpha value is -0.350. The molecular formula is C16H25Cl2FN2. The van der Waals surface area contributed by atoms with E-state index in [9.17, 15) is 4.39 Å². The first-order valence-corrected chi connectivity index (χ1v) is 7.91. The van der Waals surface area contributed by atoms with E-state index in [1.807, 2.05) is 0 Å². The normalized spacial score (nSPS) is 18.9. The standard InChI is InChI=1S/C16H24ClFN2.ClH/c1-3-4-12(2)16(20-9-7-19-8-10-20)14-11-13(18)5-6-15(14)17;/h5-6,11-12,16,19H,3-4,7-10H2,1-2H3;1H/t12?,16-;/m1./s1. The second-order valence-corrected chi connectivity index (χ2v) is 6.07. The SMILES string of the molecule is CCCC(C)[C@H](c1cc(F)ccc1Cl)N1CCNCC1.Cl. The van der Waals surface area contributed by atoms with Crippen LogP contribution < -0.4 is 5.32 Å². The maximum absolute atomic E-state index is 13.6. The molecule has 120 valence electrons. The van der Waals surface area contributed by atoms with Gasteiger partial charge in [0.15, 0.2) is 0 Å². The summed E-state index contributed by atoms with van der Waals surface area (Å²) in [5, 5.41) is 4.05. The van der Waals surface area contributed by atoms with E-state index >= 15 is 0 Å². The molecule has 1 aliphatic rings. The van der Waals surface area contributed by atoms with Crippen molar-refractivity contribution in [3.8, 4) is 0 Å². The molecule has 1 aliphatic heterocycles. The molecule has 0 amide bonds. The Morgan fingerprint density at radius 2 is 2.00 bits per heavy atom. The maximum Gasteiger partial charge on any atom is 0.123 e. The summed E-state index contributed by atoms with van der Waals surface area (Å²) in [7, 11) is 0. The average molecular weight is 335 g/mol. The smallest absolute Gasteiger partial charge is 0.123 e. The first-order valence-electron chi connectivity index (χ1n) is 7.53. The van der Waals surface area contributed by atoms with Crippen molar-refractivity contribution >= 4 is 24.0 Å². The summed E-state index contributed by atoms with van der Waals surface area (Å²) in [5.41, 5.74) is 0.939. The summed E-state index contributed by atoms with van der Waals surface area (Å²) in [5.74, 6) is 0.269. The lowest BCUT2D eigenvalue weighted by Gasteiger charge is -2.39. The van der Waals surface area contributed by atoms with Crippen molar-refractivity contribution in [1.82, 2.24) is 10.2 Å². The summed E-state index contributed by atoms with van der Waals surface area (Å²) in [4.78, 5) is 2.44. The Bertz CT molecular complexity index is 436. The van der Waals surface area contributed by atoms with Gasteiger partial charge < -0.3 is 5.32 Å². The second-order valence-electron chi connectivity index (χ2n) is 5.66. The zero-order valence-electron chi connectivity index (χ0n) is 12.7. The van der Waals surface area contributed by atoms with E-state index in [1.54, 1.807) is 12.1 Å². The summed E-state index contributed by atoms with van der Waals surface area (Å²) < 4.78 is 13.6. The third kappa shape index (κ3) is 4.82. The van der Waals surface area contributed by atoms with Crippen LogP contribution in [0.15, 0.2) is 18.2 Å². The molecule has 0 aliphatic carbocycles. The van der Waals surface area contributed by atoms with Crippen molar-refractivity contribution in [2.24, 2.45) is 5.92 Å². The summed E-state index contributed by atoms with van der Waals surface area (Å²) in [6.45, 7) is 8.40. The molecule has 1 fully saturated rings. The van der Waals surface area contributed by atoms with Gasteiger partial charge in [0.1, 0.15) is 5.82 Å². The molecule has 1 aromatic carbocycles. The molecule has 1 saturated heterocycles. The highest BCUT2D eigenvalue weighted by Gasteiger charge is 2.28. The van der Waals surface area contributed by atoms with Gasteiger partial charge in [-0.1, -0.05) is 31.9 Å². The van der Waals surface area contributed by atoms with Crippen molar-refractivity contribution in [2.45, 2.75) is 32.7 Å². The fourth-order valence-electron chi connectivity index (χ4n) is 3.18. The minimum atomic E-state index is -0.201. The number of benzene rings is 1. The first kappa shape index (κ1) is 18.7. The average Bonchev–Trinajstić information content (AvgIpc) is 2.44. The number of nitrogens with zero attached hydrogens (tertiary/aromatic N) is 1. The van der Waals surface area contributed by atoms with Gasteiger partial charge in [-0.25, -0.2) is 4.39 Å². The molecule has 1 N–H and O–H groups in total. The Morgan fingerprint density at radius 1 is 1.33 bits per heavy atom. The fraction of sp³-hybridized carbons (Fsp3) is 0.625. The predicted octanol–water partition coefficient (Wildman–Crippen LogP) is 4.28. The Morgan fingerprint density at radius 3 is 2.62 bits per heavy atom. The Kier molecular flexibility index (Phi) is 7.96. The van der Waals surface area contributed by atoms with Gasteiger partial charge in [-0.15, -0.1) is 12.4 Å². The van der Waals surface area contributed by atoms with Crippen LogP contribution >= 0.6 is 24.0 Å². The van der Waals surface area contributed by atoms with Gasteiger partial charge in [-0.2, -0.15) is 0 Å². The van der Waals surface area contributed by atoms with Crippen LogP contribution in [0, 0.1) is 11.7 Å². The van der Waals surface area contributed by atoms with Crippen molar-refractivity contribution in [3.63, 3.8) is 0 Å². The fourth-order valence-corrected chi connectivity index (χ4v) is 3.41. The minimum Gasteiger partial charge on any atom is -0.314 e. The van der Waals surface area contributed by atoms with Crippen LogP contribution in [0.5, 0.6) is 0 Å².